The first-order valence-corrected chi connectivity index (χ1v) is 9.88. The van der Waals surface area contributed by atoms with Gasteiger partial charge in [-0.15, -0.1) is 0 Å². The highest BCUT2D eigenvalue weighted by Gasteiger charge is 2.40. The van der Waals surface area contributed by atoms with E-state index in [1.54, 1.807) is 19.1 Å². The van der Waals surface area contributed by atoms with Gasteiger partial charge in [0.2, 0.25) is 11.9 Å². The van der Waals surface area contributed by atoms with Crippen LogP contribution in [0.25, 0.3) is 0 Å². The van der Waals surface area contributed by atoms with Crippen LogP contribution in [0.2, 0.25) is 5.02 Å². The summed E-state index contributed by atoms with van der Waals surface area (Å²) < 4.78 is 38.2. The SMILES string of the molecule is CCC[C@H]1CN(c2ncc(C(F)(F)F)cn2)C(=O)N1CC(=O)Nc1ccc(Cl)c(C)n1. The molecule has 3 amide bonds. The van der Waals surface area contributed by atoms with Crippen LogP contribution in [0.4, 0.5) is 29.7 Å². The van der Waals surface area contributed by atoms with Gasteiger partial charge in [0.25, 0.3) is 0 Å². The van der Waals surface area contributed by atoms with Gasteiger partial charge in [-0.2, -0.15) is 13.2 Å². The van der Waals surface area contributed by atoms with E-state index in [4.69, 9.17) is 11.6 Å². The number of urea groups is 1. The number of rotatable bonds is 6. The maximum atomic E-state index is 12.9. The zero-order valence-corrected chi connectivity index (χ0v) is 17.5. The van der Waals surface area contributed by atoms with E-state index in [1.807, 2.05) is 6.92 Å². The fourth-order valence-electron chi connectivity index (χ4n) is 3.20. The maximum absolute atomic E-state index is 12.9. The van der Waals surface area contributed by atoms with Crippen LogP contribution in [0.1, 0.15) is 31.0 Å². The molecule has 0 aliphatic carbocycles. The third-order valence-corrected chi connectivity index (χ3v) is 5.14. The molecule has 2 aromatic heterocycles. The van der Waals surface area contributed by atoms with E-state index in [2.05, 4.69) is 20.3 Å². The number of carbonyl (C=O) groups excluding carboxylic acids is 2. The molecule has 166 valence electrons. The van der Waals surface area contributed by atoms with Gasteiger partial charge >= 0.3 is 12.2 Å². The van der Waals surface area contributed by atoms with Crippen LogP contribution in [-0.2, 0) is 11.0 Å². The number of aromatic nitrogens is 3. The summed E-state index contributed by atoms with van der Waals surface area (Å²) in [6.07, 6.45) is -1.96. The minimum Gasteiger partial charge on any atom is -0.310 e. The van der Waals surface area contributed by atoms with Crippen LogP contribution in [-0.4, -0.2) is 50.9 Å². The highest BCUT2D eigenvalue weighted by atomic mass is 35.5. The van der Waals surface area contributed by atoms with E-state index in [1.165, 1.54) is 9.80 Å². The van der Waals surface area contributed by atoms with E-state index >= 15 is 0 Å². The molecule has 1 fully saturated rings. The van der Waals surface area contributed by atoms with E-state index < -0.39 is 23.7 Å². The van der Waals surface area contributed by atoms with Crippen LogP contribution >= 0.6 is 11.6 Å². The molecular formula is C19H20ClF3N6O2. The van der Waals surface area contributed by atoms with Gasteiger partial charge in [-0.25, -0.2) is 19.7 Å². The second-order valence-electron chi connectivity index (χ2n) is 7.04. The van der Waals surface area contributed by atoms with Gasteiger partial charge < -0.3 is 10.2 Å². The third kappa shape index (κ3) is 5.22. The molecule has 0 radical (unpaired) electrons. The molecular weight excluding hydrogens is 437 g/mol. The van der Waals surface area contributed by atoms with E-state index in [0.29, 0.717) is 35.3 Å². The predicted molar refractivity (Wildman–Crippen MR) is 108 cm³/mol. The Morgan fingerprint density at radius 3 is 2.55 bits per heavy atom. The predicted octanol–water partition coefficient (Wildman–Crippen LogP) is 3.90. The molecule has 2 aromatic rings. The normalized spacial score (nSPS) is 16.7. The number of hydrogen-bond donors (Lipinski definition) is 1. The van der Waals surface area contributed by atoms with E-state index in [0.717, 1.165) is 6.42 Å². The first-order valence-electron chi connectivity index (χ1n) is 9.50. The molecule has 8 nitrogen and oxygen atoms in total. The zero-order chi connectivity index (χ0) is 22.8. The van der Waals surface area contributed by atoms with Gasteiger partial charge in [0.1, 0.15) is 12.4 Å². The van der Waals surface area contributed by atoms with Crippen molar-refractivity contribution in [1.82, 2.24) is 19.9 Å². The van der Waals surface area contributed by atoms with Crippen molar-refractivity contribution < 1.29 is 22.8 Å². The fourth-order valence-corrected chi connectivity index (χ4v) is 3.31. The number of hydrogen-bond acceptors (Lipinski definition) is 5. The molecule has 1 aliphatic heterocycles. The number of pyridine rings is 1. The summed E-state index contributed by atoms with van der Waals surface area (Å²) in [5.74, 6) is -0.301. The van der Waals surface area contributed by atoms with Crippen molar-refractivity contribution in [3.8, 4) is 0 Å². The lowest BCUT2D eigenvalue weighted by Crippen LogP contribution is -2.41. The van der Waals surface area contributed by atoms with Crippen molar-refractivity contribution in [3.05, 3.63) is 40.8 Å². The largest absolute Gasteiger partial charge is 0.419 e. The lowest BCUT2D eigenvalue weighted by Gasteiger charge is -2.22. The molecule has 1 atom stereocenters. The standard InChI is InChI=1S/C19H20ClF3N6O2/c1-3-4-13-9-29(17-24-7-12(8-25-17)19(21,22)23)18(31)28(13)10-16(30)27-15-6-5-14(20)11(2)26-15/h5-8,13H,3-4,9-10H2,1-2H3,(H,26,27,30)/t13-/m0/s1. The van der Waals surface area contributed by atoms with Crippen LogP contribution in [0, 0.1) is 6.92 Å². The quantitative estimate of drug-likeness (QED) is 0.711. The summed E-state index contributed by atoms with van der Waals surface area (Å²) >= 11 is 5.93. The van der Waals surface area contributed by atoms with Crippen molar-refractivity contribution in [1.29, 1.82) is 0 Å². The Kier molecular flexibility index (Phi) is 6.63. The number of halogens is 4. The molecule has 0 bridgehead atoms. The molecule has 1 N–H and O–H groups in total. The van der Waals surface area contributed by atoms with Gasteiger partial charge in [0.15, 0.2) is 0 Å². The lowest BCUT2D eigenvalue weighted by atomic mass is 10.1. The second kappa shape index (κ2) is 9.04. The highest BCUT2D eigenvalue weighted by molar-refractivity contribution is 6.31. The average molecular weight is 457 g/mol. The maximum Gasteiger partial charge on any atom is 0.419 e. The summed E-state index contributed by atoms with van der Waals surface area (Å²) in [6, 6.07) is 2.29. The molecule has 3 heterocycles. The number of anilines is 2. The lowest BCUT2D eigenvalue weighted by molar-refractivity contribution is -0.138. The molecule has 0 saturated carbocycles. The minimum absolute atomic E-state index is 0.142. The highest BCUT2D eigenvalue weighted by Crippen LogP contribution is 2.29. The number of amides is 3. The van der Waals surface area contributed by atoms with Gasteiger partial charge in [-0.3, -0.25) is 9.69 Å². The molecule has 0 unspecified atom stereocenters. The number of alkyl halides is 3. The monoisotopic (exact) mass is 456 g/mol. The van der Waals surface area contributed by atoms with Crippen LogP contribution in [0.15, 0.2) is 24.5 Å². The smallest absolute Gasteiger partial charge is 0.310 e. The van der Waals surface area contributed by atoms with Gasteiger partial charge in [0, 0.05) is 12.4 Å². The Balaban J connectivity index is 1.73. The molecule has 1 saturated heterocycles. The molecule has 31 heavy (non-hydrogen) atoms. The Labute approximate surface area is 181 Å². The topological polar surface area (TPSA) is 91.3 Å². The summed E-state index contributed by atoms with van der Waals surface area (Å²) in [7, 11) is 0. The second-order valence-corrected chi connectivity index (χ2v) is 7.45. The number of nitrogens with one attached hydrogen (secondary N) is 1. The van der Waals surface area contributed by atoms with Crippen LogP contribution < -0.4 is 10.2 Å². The van der Waals surface area contributed by atoms with Crippen molar-refractivity contribution in [2.75, 3.05) is 23.3 Å². The molecule has 0 aromatic carbocycles. The van der Waals surface area contributed by atoms with Crippen LogP contribution in [0.5, 0.6) is 0 Å². The summed E-state index contributed by atoms with van der Waals surface area (Å²) in [5.41, 5.74) is -0.457. The Morgan fingerprint density at radius 2 is 1.97 bits per heavy atom. The molecule has 12 heteroatoms. The van der Waals surface area contributed by atoms with E-state index in [9.17, 15) is 22.8 Å². The van der Waals surface area contributed by atoms with Crippen molar-refractivity contribution in [2.45, 2.75) is 38.9 Å². The van der Waals surface area contributed by atoms with Crippen LogP contribution in [0.3, 0.4) is 0 Å². The van der Waals surface area contributed by atoms with E-state index in [-0.39, 0.29) is 25.1 Å². The van der Waals surface area contributed by atoms with Gasteiger partial charge in [-0.1, -0.05) is 24.9 Å². The number of carbonyl (C=O) groups is 2. The van der Waals surface area contributed by atoms with Gasteiger partial charge in [0.05, 0.1) is 28.9 Å². The third-order valence-electron chi connectivity index (χ3n) is 4.74. The summed E-state index contributed by atoms with van der Waals surface area (Å²) in [4.78, 5) is 39.5. The zero-order valence-electron chi connectivity index (χ0n) is 16.8. The molecule has 3 rings (SSSR count). The van der Waals surface area contributed by atoms with Crippen molar-refractivity contribution in [3.63, 3.8) is 0 Å². The molecule has 0 spiro atoms. The van der Waals surface area contributed by atoms with Crippen molar-refractivity contribution in [2.24, 2.45) is 0 Å². The summed E-state index contributed by atoms with van der Waals surface area (Å²) in [5, 5.41) is 3.08. The minimum atomic E-state index is -4.57. The first kappa shape index (κ1) is 22.7. The van der Waals surface area contributed by atoms with Crippen molar-refractivity contribution >= 4 is 35.3 Å². The number of nitrogens with zero attached hydrogens (tertiary/aromatic N) is 5. The van der Waals surface area contributed by atoms with Gasteiger partial charge in [-0.05, 0) is 25.5 Å². The average Bonchev–Trinajstić information content (AvgIpc) is 3.00. The fraction of sp³-hybridized carbons (Fsp3) is 0.421. The first-order chi connectivity index (χ1) is 14.6. The molecule has 1 aliphatic rings. The summed E-state index contributed by atoms with van der Waals surface area (Å²) in [6.45, 7) is 3.55. The Bertz CT molecular complexity index is 970. The Hall–Kier alpha value is -2.95. The number of aryl methyl sites for hydroxylation is 1. The Morgan fingerprint density at radius 1 is 1.29 bits per heavy atom.